The molecular formula is C12H13F4NO4S. The van der Waals surface area contributed by atoms with E-state index in [0.717, 1.165) is 0 Å². The van der Waals surface area contributed by atoms with Crippen molar-refractivity contribution in [1.29, 1.82) is 0 Å². The number of halogens is 4. The molecule has 0 heterocycles. The molecule has 0 aliphatic carbocycles. The summed E-state index contributed by atoms with van der Waals surface area (Å²) in [6, 6.07) is 1.15. The van der Waals surface area contributed by atoms with Crippen molar-refractivity contribution in [1.82, 2.24) is 4.31 Å². The number of carbonyl (C=O) groups is 1. The van der Waals surface area contributed by atoms with Gasteiger partial charge in [-0.05, 0) is 24.6 Å². The Morgan fingerprint density at radius 3 is 2.32 bits per heavy atom. The third kappa shape index (κ3) is 4.17. The van der Waals surface area contributed by atoms with Crippen molar-refractivity contribution < 1.29 is 35.9 Å². The summed E-state index contributed by atoms with van der Waals surface area (Å²) in [5, 5.41) is 8.70. The van der Waals surface area contributed by atoms with Gasteiger partial charge in [0.05, 0.1) is 10.5 Å². The van der Waals surface area contributed by atoms with Gasteiger partial charge in [-0.15, -0.1) is 0 Å². The molecular weight excluding hydrogens is 330 g/mol. The third-order valence-electron chi connectivity index (χ3n) is 2.67. The number of sulfonamides is 1. The fourth-order valence-corrected chi connectivity index (χ4v) is 3.21. The SMILES string of the molecule is CCCN(CC(=O)O)S(=O)(=O)c1ccc(C(F)(F)F)c(F)c1. The van der Waals surface area contributed by atoms with Crippen LogP contribution in [0.2, 0.25) is 0 Å². The average Bonchev–Trinajstić information content (AvgIpc) is 2.36. The Labute approximate surface area is 124 Å². The Morgan fingerprint density at radius 2 is 1.91 bits per heavy atom. The van der Waals surface area contributed by atoms with Crippen LogP contribution >= 0.6 is 0 Å². The van der Waals surface area contributed by atoms with Crippen LogP contribution in [0.3, 0.4) is 0 Å². The first-order chi connectivity index (χ1) is 10.00. The first kappa shape index (κ1) is 18.4. The van der Waals surface area contributed by atoms with Gasteiger partial charge >= 0.3 is 12.1 Å². The molecule has 1 aromatic carbocycles. The highest BCUT2D eigenvalue weighted by Crippen LogP contribution is 2.32. The minimum Gasteiger partial charge on any atom is -0.480 e. The molecule has 0 atom stereocenters. The van der Waals surface area contributed by atoms with E-state index in [1.54, 1.807) is 6.92 Å². The molecule has 0 aliphatic heterocycles. The number of carboxylic acid groups (broad SMARTS) is 1. The van der Waals surface area contributed by atoms with Crippen LogP contribution in [0.25, 0.3) is 0 Å². The summed E-state index contributed by atoms with van der Waals surface area (Å²) in [5.41, 5.74) is -1.59. The van der Waals surface area contributed by atoms with Gasteiger partial charge in [-0.1, -0.05) is 6.92 Å². The van der Waals surface area contributed by atoms with Crippen molar-refractivity contribution in [2.24, 2.45) is 0 Å². The van der Waals surface area contributed by atoms with Crippen molar-refractivity contribution >= 4 is 16.0 Å². The summed E-state index contributed by atoms with van der Waals surface area (Å²) in [4.78, 5) is 9.96. The molecule has 0 unspecified atom stereocenters. The smallest absolute Gasteiger partial charge is 0.419 e. The number of aliphatic carboxylic acids is 1. The summed E-state index contributed by atoms with van der Waals surface area (Å²) in [6.07, 6.45) is -4.66. The largest absolute Gasteiger partial charge is 0.480 e. The summed E-state index contributed by atoms with van der Waals surface area (Å²) in [5.74, 6) is -3.16. The maximum absolute atomic E-state index is 13.5. The molecule has 10 heteroatoms. The predicted molar refractivity (Wildman–Crippen MR) is 68.1 cm³/mol. The number of nitrogens with zero attached hydrogens (tertiary/aromatic N) is 1. The van der Waals surface area contributed by atoms with E-state index < -0.39 is 45.0 Å². The van der Waals surface area contributed by atoms with Gasteiger partial charge in [0.1, 0.15) is 12.4 Å². The molecule has 0 spiro atoms. The summed E-state index contributed by atoms with van der Waals surface area (Å²) >= 11 is 0. The van der Waals surface area contributed by atoms with E-state index in [-0.39, 0.29) is 19.0 Å². The molecule has 1 N–H and O–H groups in total. The molecule has 0 aromatic heterocycles. The predicted octanol–water partition coefficient (Wildman–Crippen LogP) is 2.33. The van der Waals surface area contributed by atoms with Crippen molar-refractivity contribution in [3.8, 4) is 0 Å². The molecule has 1 aromatic rings. The van der Waals surface area contributed by atoms with Gasteiger partial charge in [0.15, 0.2) is 0 Å². The molecule has 22 heavy (non-hydrogen) atoms. The van der Waals surface area contributed by atoms with E-state index in [4.69, 9.17) is 5.11 Å². The Hall–Kier alpha value is -1.68. The van der Waals surface area contributed by atoms with E-state index in [1.807, 2.05) is 0 Å². The van der Waals surface area contributed by atoms with E-state index in [9.17, 15) is 30.8 Å². The van der Waals surface area contributed by atoms with Crippen LogP contribution in [0.4, 0.5) is 17.6 Å². The number of carboxylic acids is 1. The summed E-state index contributed by atoms with van der Waals surface area (Å²) in [6.45, 7) is 0.577. The minimum absolute atomic E-state index is 0.155. The number of alkyl halides is 3. The quantitative estimate of drug-likeness (QED) is 0.805. The van der Waals surface area contributed by atoms with Crippen molar-refractivity contribution in [2.45, 2.75) is 24.4 Å². The van der Waals surface area contributed by atoms with Crippen molar-refractivity contribution in [3.63, 3.8) is 0 Å². The van der Waals surface area contributed by atoms with Crippen LogP contribution in [-0.2, 0) is 21.0 Å². The molecule has 0 saturated heterocycles. The van der Waals surface area contributed by atoms with E-state index in [1.165, 1.54) is 0 Å². The van der Waals surface area contributed by atoms with Crippen LogP contribution in [0.15, 0.2) is 23.1 Å². The van der Waals surface area contributed by atoms with Gasteiger partial charge in [-0.2, -0.15) is 17.5 Å². The number of hydrogen-bond acceptors (Lipinski definition) is 3. The first-order valence-electron chi connectivity index (χ1n) is 6.08. The Balaban J connectivity index is 3.27. The Bertz CT molecular complexity index is 658. The first-order valence-corrected chi connectivity index (χ1v) is 7.52. The maximum atomic E-state index is 13.5. The van der Waals surface area contributed by atoms with Crippen LogP contribution in [0.1, 0.15) is 18.9 Å². The van der Waals surface area contributed by atoms with Gasteiger partial charge in [0, 0.05) is 6.54 Å². The topological polar surface area (TPSA) is 74.7 Å². The highest BCUT2D eigenvalue weighted by atomic mass is 32.2. The maximum Gasteiger partial charge on any atom is 0.419 e. The zero-order valence-electron chi connectivity index (χ0n) is 11.4. The molecule has 124 valence electrons. The lowest BCUT2D eigenvalue weighted by molar-refractivity contribution is -0.140. The third-order valence-corrected chi connectivity index (χ3v) is 4.51. The second-order valence-electron chi connectivity index (χ2n) is 4.37. The number of rotatable bonds is 6. The van der Waals surface area contributed by atoms with Crippen LogP contribution in [0.5, 0.6) is 0 Å². The van der Waals surface area contributed by atoms with Gasteiger partial charge in [-0.25, -0.2) is 12.8 Å². The molecule has 0 saturated carbocycles. The van der Waals surface area contributed by atoms with E-state index in [2.05, 4.69) is 0 Å². The summed E-state index contributed by atoms with van der Waals surface area (Å²) < 4.78 is 75.8. The molecule has 5 nitrogen and oxygen atoms in total. The lowest BCUT2D eigenvalue weighted by atomic mass is 10.2. The van der Waals surface area contributed by atoms with E-state index in [0.29, 0.717) is 16.4 Å². The Kier molecular flexibility index (Phi) is 5.52. The van der Waals surface area contributed by atoms with Gasteiger partial charge in [0.25, 0.3) is 0 Å². The van der Waals surface area contributed by atoms with Gasteiger partial charge in [-0.3, -0.25) is 4.79 Å². The van der Waals surface area contributed by atoms with Crippen molar-refractivity contribution in [3.05, 3.63) is 29.6 Å². The summed E-state index contributed by atoms with van der Waals surface area (Å²) in [7, 11) is -4.40. The fraction of sp³-hybridized carbons (Fsp3) is 0.417. The Morgan fingerprint density at radius 1 is 1.32 bits per heavy atom. The van der Waals surface area contributed by atoms with Crippen molar-refractivity contribution in [2.75, 3.05) is 13.1 Å². The average molecular weight is 343 g/mol. The second-order valence-corrected chi connectivity index (χ2v) is 6.31. The van der Waals surface area contributed by atoms with Gasteiger partial charge in [0.2, 0.25) is 10.0 Å². The van der Waals surface area contributed by atoms with Crippen LogP contribution in [0, 0.1) is 5.82 Å². The lowest BCUT2D eigenvalue weighted by Gasteiger charge is -2.20. The second kappa shape index (κ2) is 6.61. The molecule has 0 radical (unpaired) electrons. The monoisotopic (exact) mass is 343 g/mol. The molecule has 0 bridgehead atoms. The van der Waals surface area contributed by atoms with E-state index >= 15 is 0 Å². The normalized spacial score (nSPS) is 12.6. The van der Waals surface area contributed by atoms with Gasteiger partial charge < -0.3 is 5.11 Å². The zero-order valence-corrected chi connectivity index (χ0v) is 12.2. The highest BCUT2D eigenvalue weighted by Gasteiger charge is 2.35. The number of hydrogen-bond donors (Lipinski definition) is 1. The standard InChI is InChI=1S/C12H13F4NO4S/c1-2-5-17(7-11(18)19)22(20,21)8-3-4-9(10(13)6-8)12(14,15)16/h3-4,6H,2,5,7H2,1H3,(H,18,19). The number of benzene rings is 1. The fourth-order valence-electron chi connectivity index (χ4n) is 1.72. The molecule has 0 fully saturated rings. The minimum atomic E-state index is -4.95. The lowest BCUT2D eigenvalue weighted by Crippen LogP contribution is -2.36. The molecule has 0 aliphatic rings. The van der Waals surface area contributed by atoms with Crippen LogP contribution < -0.4 is 0 Å². The molecule has 0 amide bonds. The highest BCUT2D eigenvalue weighted by molar-refractivity contribution is 7.89. The zero-order chi connectivity index (χ0) is 17.1. The molecule has 1 rings (SSSR count). The van der Waals surface area contributed by atoms with Crippen LogP contribution in [-0.4, -0.2) is 36.9 Å².